The second-order valence-electron chi connectivity index (χ2n) is 7.00. The number of benzene rings is 1. The molecule has 0 amide bonds. The summed E-state index contributed by atoms with van der Waals surface area (Å²) in [5.74, 6) is 1.70. The van der Waals surface area contributed by atoms with Crippen molar-refractivity contribution in [1.82, 2.24) is 15.5 Å². The van der Waals surface area contributed by atoms with E-state index in [-0.39, 0.29) is 0 Å². The van der Waals surface area contributed by atoms with Crippen LogP contribution in [0, 0.1) is 6.92 Å². The first-order chi connectivity index (χ1) is 12.5. The molecule has 1 aromatic carbocycles. The van der Waals surface area contributed by atoms with Crippen LogP contribution in [0.25, 0.3) is 0 Å². The van der Waals surface area contributed by atoms with E-state index in [1.165, 1.54) is 18.4 Å². The third-order valence-corrected chi connectivity index (χ3v) is 4.82. The summed E-state index contributed by atoms with van der Waals surface area (Å²) < 4.78 is 10.9. The van der Waals surface area contributed by atoms with Crippen molar-refractivity contribution in [3.63, 3.8) is 0 Å². The summed E-state index contributed by atoms with van der Waals surface area (Å²) in [6, 6.07) is 7.51. The van der Waals surface area contributed by atoms with Crippen molar-refractivity contribution in [3.8, 4) is 5.75 Å². The van der Waals surface area contributed by atoms with Crippen LogP contribution in [-0.2, 0) is 11.3 Å². The number of aryl methyl sites for hydroxylation is 1. The van der Waals surface area contributed by atoms with E-state index >= 15 is 0 Å². The van der Waals surface area contributed by atoms with Gasteiger partial charge in [0.15, 0.2) is 5.96 Å². The van der Waals surface area contributed by atoms with Gasteiger partial charge in [0.05, 0.1) is 6.61 Å². The van der Waals surface area contributed by atoms with Crippen LogP contribution in [0.3, 0.4) is 0 Å². The van der Waals surface area contributed by atoms with E-state index in [1.54, 1.807) is 14.2 Å². The molecular formula is C20H34N4O2. The van der Waals surface area contributed by atoms with Crippen LogP contribution < -0.4 is 15.4 Å². The largest absolute Gasteiger partial charge is 0.491 e. The third-order valence-electron chi connectivity index (χ3n) is 4.82. The van der Waals surface area contributed by atoms with Gasteiger partial charge < -0.3 is 20.1 Å². The van der Waals surface area contributed by atoms with E-state index in [0.29, 0.717) is 25.8 Å². The van der Waals surface area contributed by atoms with E-state index in [2.05, 4.69) is 59.6 Å². The highest BCUT2D eigenvalue weighted by Crippen LogP contribution is 2.26. The van der Waals surface area contributed by atoms with Gasteiger partial charge in [0.1, 0.15) is 12.4 Å². The summed E-state index contributed by atoms with van der Waals surface area (Å²) in [7, 11) is 5.69. The Morgan fingerprint density at radius 1 is 1.31 bits per heavy atom. The number of hydrogen-bond donors (Lipinski definition) is 2. The first-order valence-corrected chi connectivity index (χ1v) is 9.42. The fourth-order valence-corrected chi connectivity index (χ4v) is 2.81. The average Bonchev–Trinajstić information content (AvgIpc) is 3.47. The molecule has 0 aliphatic heterocycles. The Morgan fingerprint density at radius 3 is 2.73 bits per heavy atom. The predicted octanol–water partition coefficient (Wildman–Crippen LogP) is 2.17. The summed E-state index contributed by atoms with van der Waals surface area (Å²) in [5, 5.41) is 6.81. The Hall–Kier alpha value is -1.79. The number of methoxy groups -OCH3 is 1. The molecule has 0 spiro atoms. The van der Waals surface area contributed by atoms with Crippen LogP contribution in [0.2, 0.25) is 0 Å². The summed E-state index contributed by atoms with van der Waals surface area (Å²) in [5.41, 5.74) is 2.29. The summed E-state index contributed by atoms with van der Waals surface area (Å²) in [6.07, 6.45) is 2.65. The number of rotatable bonds is 10. The minimum atomic E-state index is 0.480. The smallest absolute Gasteiger partial charge is 0.191 e. The van der Waals surface area contributed by atoms with Gasteiger partial charge in [0, 0.05) is 44.9 Å². The van der Waals surface area contributed by atoms with E-state index < -0.39 is 0 Å². The molecule has 26 heavy (non-hydrogen) atoms. The van der Waals surface area contributed by atoms with Crippen LogP contribution >= 0.6 is 0 Å². The molecule has 2 N–H and O–H groups in total. The molecule has 1 saturated carbocycles. The van der Waals surface area contributed by atoms with Gasteiger partial charge in [-0.05, 0) is 45.4 Å². The molecule has 0 heterocycles. The fourth-order valence-electron chi connectivity index (χ4n) is 2.81. The lowest BCUT2D eigenvalue weighted by Crippen LogP contribution is -2.45. The Labute approximate surface area is 158 Å². The Kier molecular flexibility index (Phi) is 8.19. The van der Waals surface area contributed by atoms with Crippen molar-refractivity contribution in [2.24, 2.45) is 4.99 Å². The molecular weight excluding hydrogens is 328 g/mol. The van der Waals surface area contributed by atoms with E-state index in [9.17, 15) is 0 Å². The molecule has 1 aromatic rings. The molecule has 1 aliphatic carbocycles. The summed E-state index contributed by atoms with van der Waals surface area (Å²) >= 11 is 0. The van der Waals surface area contributed by atoms with Gasteiger partial charge in [-0.1, -0.05) is 12.1 Å². The molecule has 0 aromatic heterocycles. The standard InChI is InChI=1S/C20H34N4O2/c1-15-6-7-17(19(12-15)26-11-10-25-5)14-23-20(21-3)22-13-16(2)24(4)18-8-9-18/h6-7,12,16,18H,8-11,13-14H2,1-5H3,(H2,21,22,23). The number of hydrogen-bond acceptors (Lipinski definition) is 4. The second-order valence-corrected chi connectivity index (χ2v) is 7.00. The molecule has 146 valence electrons. The van der Waals surface area contributed by atoms with Gasteiger partial charge >= 0.3 is 0 Å². The van der Waals surface area contributed by atoms with Crippen molar-refractivity contribution in [1.29, 1.82) is 0 Å². The first kappa shape index (κ1) is 20.5. The lowest BCUT2D eigenvalue weighted by Gasteiger charge is -2.25. The number of ether oxygens (including phenoxy) is 2. The van der Waals surface area contributed by atoms with Gasteiger partial charge in [0.2, 0.25) is 0 Å². The van der Waals surface area contributed by atoms with Crippen molar-refractivity contribution in [3.05, 3.63) is 29.3 Å². The average molecular weight is 363 g/mol. The van der Waals surface area contributed by atoms with E-state index in [4.69, 9.17) is 9.47 Å². The number of likely N-dealkylation sites (N-methyl/N-ethyl adjacent to an activating group) is 1. The first-order valence-electron chi connectivity index (χ1n) is 9.42. The topological polar surface area (TPSA) is 58.1 Å². The zero-order valence-corrected chi connectivity index (χ0v) is 16.8. The van der Waals surface area contributed by atoms with Crippen LogP contribution in [0.15, 0.2) is 23.2 Å². The van der Waals surface area contributed by atoms with Gasteiger partial charge in [-0.25, -0.2) is 0 Å². The molecule has 1 atom stereocenters. The van der Waals surface area contributed by atoms with Gasteiger partial charge in [-0.3, -0.25) is 9.89 Å². The maximum Gasteiger partial charge on any atom is 0.191 e. The lowest BCUT2D eigenvalue weighted by molar-refractivity contribution is 0.145. The summed E-state index contributed by atoms with van der Waals surface area (Å²) in [6.45, 7) is 6.98. The van der Waals surface area contributed by atoms with Crippen molar-refractivity contribution in [2.45, 2.75) is 45.3 Å². The van der Waals surface area contributed by atoms with Gasteiger partial charge in [0.25, 0.3) is 0 Å². The normalized spacial score (nSPS) is 15.8. The highest BCUT2D eigenvalue weighted by molar-refractivity contribution is 5.79. The van der Waals surface area contributed by atoms with Gasteiger partial charge in [-0.2, -0.15) is 0 Å². The maximum absolute atomic E-state index is 5.86. The van der Waals surface area contributed by atoms with E-state index in [0.717, 1.165) is 29.9 Å². The van der Waals surface area contributed by atoms with Crippen LogP contribution in [0.5, 0.6) is 5.75 Å². The van der Waals surface area contributed by atoms with Crippen molar-refractivity contribution >= 4 is 5.96 Å². The fraction of sp³-hybridized carbons (Fsp3) is 0.650. The highest BCUT2D eigenvalue weighted by atomic mass is 16.5. The number of aliphatic imine (C=N–C) groups is 1. The second kappa shape index (κ2) is 10.4. The lowest BCUT2D eigenvalue weighted by atomic mass is 10.1. The Balaban J connectivity index is 1.85. The quantitative estimate of drug-likeness (QED) is 0.379. The molecule has 1 aliphatic rings. The zero-order valence-electron chi connectivity index (χ0n) is 16.8. The third kappa shape index (κ3) is 6.50. The SMILES string of the molecule is CN=C(NCc1ccc(C)cc1OCCOC)NCC(C)N(C)C1CC1. The van der Waals surface area contributed by atoms with Crippen LogP contribution in [-0.4, -0.2) is 63.9 Å². The van der Waals surface area contributed by atoms with Crippen molar-refractivity contribution in [2.75, 3.05) is 41.0 Å². The molecule has 6 heteroatoms. The van der Waals surface area contributed by atoms with E-state index in [1.807, 2.05) is 0 Å². The molecule has 1 unspecified atom stereocenters. The molecule has 2 rings (SSSR count). The molecule has 0 bridgehead atoms. The molecule has 0 saturated heterocycles. The van der Waals surface area contributed by atoms with Gasteiger partial charge in [-0.15, -0.1) is 0 Å². The number of nitrogens with zero attached hydrogens (tertiary/aromatic N) is 2. The predicted molar refractivity (Wildman–Crippen MR) is 107 cm³/mol. The number of guanidine groups is 1. The summed E-state index contributed by atoms with van der Waals surface area (Å²) in [4.78, 5) is 6.78. The number of nitrogens with one attached hydrogen (secondary N) is 2. The maximum atomic E-state index is 5.86. The zero-order chi connectivity index (χ0) is 18.9. The molecule has 1 fully saturated rings. The minimum absolute atomic E-state index is 0.480. The Morgan fingerprint density at radius 2 is 2.08 bits per heavy atom. The monoisotopic (exact) mass is 362 g/mol. The van der Waals surface area contributed by atoms with Crippen LogP contribution in [0.4, 0.5) is 0 Å². The minimum Gasteiger partial charge on any atom is -0.491 e. The highest BCUT2D eigenvalue weighted by Gasteiger charge is 2.28. The van der Waals surface area contributed by atoms with Crippen LogP contribution in [0.1, 0.15) is 30.9 Å². The van der Waals surface area contributed by atoms with Crippen molar-refractivity contribution < 1.29 is 9.47 Å². The Bertz CT molecular complexity index is 587. The molecule has 6 nitrogen and oxygen atoms in total. The molecule has 0 radical (unpaired) electrons.